The van der Waals surface area contributed by atoms with Crippen LogP contribution in [-0.4, -0.2) is 14.1 Å². The zero-order valence-electron chi connectivity index (χ0n) is 14.2. The molecule has 113 valence electrons. The summed E-state index contributed by atoms with van der Waals surface area (Å²) in [6.07, 6.45) is 0. The van der Waals surface area contributed by atoms with Crippen molar-refractivity contribution in [2.75, 3.05) is 0 Å². The molecule has 20 heavy (non-hydrogen) atoms. The van der Waals surface area contributed by atoms with Crippen LogP contribution in [0.1, 0.15) is 58.2 Å². The fraction of sp³-hybridized carbons (Fsp3) is 0.647. The van der Waals surface area contributed by atoms with Crippen LogP contribution in [0.5, 0.6) is 5.75 Å². The minimum Gasteiger partial charge on any atom is -0.542 e. The molecule has 0 saturated heterocycles. The summed E-state index contributed by atoms with van der Waals surface area (Å²) in [6.45, 7) is 17.5. The Hall–Kier alpha value is -0.803. The van der Waals surface area contributed by atoms with Crippen LogP contribution in [0.25, 0.3) is 0 Å². The van der Waals surface area contributed by atoms with E-state index in [2.05, 4.69) is 66.8 Å². The van der Waals surface area contributed by atoms with Crippen LogP contribution in [0, 0.1) is 0 Å². The Morgan fingerprint density at radius 3 is 1.90 bits per heavy atom. The molecule has 0 aliphatic rings. The first-order valence-corrected chi connectivity index (χ1v) is 9.64. The predicted molar refractivity (Wildman–Crippen MR) is 87.9 cm³/mol. The fourth-order valence-corrected chi connectivity index (χ4v) is 2.77. The molecule has 1 N–H and O–H groups in total. The van der Waals surface area contributed by atoms with Gasteiger partial charge in [0.2, 0.25) is 0 Å². The second kappa shape index (κ2) is 5.90. The number of aliphatic hydroxyl groups excluding tert-OH is 1. The lowest BCUT2D eigenvalue weighted by Gasteiger charge is -2.30. The summed E-state index contributed by atoms with van der Waals surface area (Å²) in [7, 11) is -0.859. The van der Waals surface area contributed by atoms with E-state index in [1.807, 2.05) is 0 Å². The normalized spacial score (nSPS) is 12.9. The summed E-state index contributed by atoms with van der Waals surface area (Å²) in [4.78, 5) is 0. The maximum atomic E-state index is 9.74. The molecule has 0 bridgehead atoms. The number of hydrogen-bond donors (Lipinski definition) is 1. The van der Waals surface area contributed by atoms with Crippen molar-refractivity contribution < 1.29 is 9.53 Å². The van der Waals surface area contributed by atoms with Crippen LogP contribution in [0.4, 0.5) is 0 Å². The maximum absolute atomic E-state index is 9.74. The summed E-state index contributed by atoms with van der Waals surface area (Å²) in [5, 5.41) is 9.74. The van der Waals surface area contributed by atoms with Crippen LogP contribution in [0.2, 0.25) is 13.1 Å². The van der Waals surface area contributed by atoms with Crippen molar-refractivity contribution in [1.82, 2.24) is 0 Å². The molecule has 0 atom stereocenters. The minimum atomic E-state index is -0.859. The Bertz CT molecular complexity index is 465. The molecule has 0 saturated carbocycles. The summed E-state index contributed by atoms with van der Waals surface area (Å²) >= 11 is 0. The second-order valence-corrected chi connectivity index (χ2v) is 9.70. The Morgan fingerprint density at radius 1 is 1.00 bits per heavy atom. The quantitative estimate of drug-likeness (QED) is 0.837. The van der Waals surface area contributed by atoms with E-state index in [0.717, 1.165) is 11.3 Å². The lowest BCUT2D eigenvalue weighted by Crippen LogP contribution is -2.22. The number of benzene rings is 1. The Morgan fingerprint density at radius 2 is 1.55 bits per heavy atom. The number of rotatable bonds is 3. The van der Waals surface area contributed by atoms with Crippen molar-refractivity contribution >= 4 is 9.04 Å². The molecule has 0 aromatic heterocycles. The Labute approximate surface area is 125 Å². The number of aliphatic hydroxyl groups is 1. The van der Waals surface area contributed by atoms with Gasteiger partial charge >= 0.3 is 0 Å². The van der Waals surface area contributed by atoms with Gasteiger partial charge in [-0.3, -0.25) is 0 Å². The van der Waals surface area contributed by atoms with Gasteiger partial charge < -0.3 is 9.53 Å². The van der Waals surface area contributed by atoms with Crippen LogP contribution in [-0.2, 0) is 17.4 Å². The Balaban J connectivity index is 3.56. The van der Waals surface area contributed by atoms with Gasteiger partial charge in [0.25, 0.3) is 9.04 Å². The molecule has 0 aliphatic heterocycles. The molecule has 2 nitrogen and oxygen atoms in total. The lowest BCUT2D eigenvalue weighted by atomic mass is 9.79. The van der Waals surface area contributed by atoms with E-state index in [-0.39, 0.29) is 17.4 Å². The largest absolute Gasteiger partial charge is 0.542 e. The van der Waals surface area contributed by atoms with Gasteiger partial charge in [-0.15, -0.1) is 0 Å². The van der Waals surface area contributed by atoms with Gasteiger partial charge in [-0.25, -0.2) is 0 Å². The highest BCUT2D eigenvalue weighted by atomic mass is 28.3. The first kappa shape index (κ1) is 17.2. The van der Waals surface area contributed by atoms with E-state index >= 15 is 0 Å². The van der Waals surface area contributed by atoms with E-state index in [1.54, 1.807) is 0 Å². The van der Waals surface area contributed by atoms with Gasteiger partial charge in [0.15, 0.2) is 0 Å². The number of hydrogen-bond acceptors (Lipinski definition) is 2. The highest BCUT2D eigenvalue weighted by molar-refractivity contribution is 6.49. The second-order valence-electron chi connectivity index (χ2n) is 7.68. The molecule has 0 amide bonds. The average molecular weight is 294 g/mol. The minimum absolute atomic E-state index is 0.00215. The zero-order valence-corrected chi connectivity index (χ0v) is 15.2. The summed E-state index contributed by atoms with van der Waals surface area (Å²) in [5.74, 6) is 0.895. The molecule has 1 radical (unpaired) electrons. The predicted octanol–water partition coefficient (Wildman–Crippen LogP) is 4.40. The van der Waals surface area contributed by atoms with E-state index in [1.165, 1.54) is 11.1 Å². The smallest absolute Gasteiger partial charge is 0.274 e. The van der Waals surface area contributed by atoms with E-state index in [4.69, 9.17) is 4.43 Å². The molecular formula is C17H29O2Si. The highest BCUT2D eigenvalue weighted by Gasteiger charge is 2.26. The van der Waals surface area contributed by atoms with Crippen molar-refractivity contribution in [1.29, 1.82) is 0 Å². The van der Waals surface area contributed by atoms with Gasteiger partial charge in [-0.2, -0.15) is 0 Å². The van der Waals surface area contributed by atoms with E-state index in [0.29, 0.717) is 0 Å². The standard InChI is InChI=1S/C17H29O2Si/c1-16(2,3)13-9-12(11-18)15(19-20(7)8)14(10-13)17(4,5)6/h9-10,18H,11H2,1-8H3. The highest BCUT2D eigenvalue weighted by Crippen LogP contribution is 2.38. The molecular weight excluding hydrogens is 264 g/mol. The van der Waals surface area contributed by atoms with Crippen LogP contribution in [0.3, 0.4) is 0 Å². The Kier molecular flexibility index (Phi) is 5.09. The molecule has 3 heteroatoms. The fourth-order valence-electron chi connectivity index (χ4n) is 2.12. The molecule has 0 heterocycles. The SMILES string of the molecule is C[Si](C)Oc1c(CO)cc(C(C)(C)C)cc1C(C)(C)C. The summed E-state index contributed by atoms with van der Waals surface area (Å²) in [6, 6.07) is 4.34. The molecule has 1 aromatic carbocycles. The third-order valence-corrected chi connectivity index (χ3v) is 3.93. The van der Waals surface area contributed by atoms with Crippen molar-refractivity contribution in [3.63, 3.8) is 0 Å². The summed E-state index contributed by atoms with van der Waals surface area (Å²) in [5.41, 5.74) is 3.42. The van der Waals surface area contributed by atoms with Crippen LogP contribution in [0.15, 0.2) is 12.1 Å². The lowest BCUT2D eigenvalue weighted by molar-refractivity contribution is 0.277. The molecule has 0 aliphatic carbocycles. The van der Waals surface area contributed by atoms with Gasteiger partial charge in [0.05, 0.1) is 6.61 Å². The van der Waals surface area contributed by atoms with Crippen molar-refractivity contribution in [3.8, 4) is 5.75 Å². The van der Waals surface area contributed by atoms with Crippen molar-refractivity contribution in [2.24, 2.45) is 0 Å². The topological polar surface area (TPSA) is 29.5 Å². The molecule has 0 spiro atoms. The zero-order chi connectivity index (χ0) is 15.7. The molecule has 1 rings (SSSR count). The van der Waals surface area contributed by atoms with Gasteiger partial charge in [0.1, 0.15) is 5.75 Å². The third kappa shape index (κ3) is 4.09. The molecule has 1 aromatic rings. The van der Waals surface area contributed by atoms with E-state index < -0.39 is 9.04 Å². The summed E-state index contributed by atoms with van der Waals surface area (Å²) < 4.78 is 6.10. The van der Waals surface area contributed by atoms with Gasteiger partial charge in [-0.05, 0) is 41.1 Å². The van der Waals surface area contributed by atoms with Gasteiger partial charge in [-0.1, -0.05) is 47.6 Å². The average Bonchev–Trinajstić information content (AvgIpc) is 2.25. The van der Waals surface area contributed by atoms with Crippen LogP contribution < -0.4 is 4.43 Å². The molecule has 0 unspecified atom stereocenters. The van der Waals surface area contributed by atoms with Gasteiger partial charge in [0, 0.05) is 5.56 Å². The van der Waals surface area contributed by atoms with E-state index in [9.17, 15) is 5.11 Å². The van der Waals surface area contributed by atoms with Crippen molar-refractivity contribution in [3.05, 3.63) is 28.8 Å². The first-order valence-electron chi connectivity index (χ1n) is 7.23. The van der Waals surface area contributed by atoms with Crippen LogP contribution >= 0.6 is 0 Å². The first-order chi connectivity index (χ1) is 8.96. The maximum Gasteiger partial charge on any atom is 0.274 e. The van der Waals surface area contributed by atoms with Crippen molar-refractivity contribution in [2.45, 2.75) is 72.1 Å². The molecule has 0 fully saturated rings. The third-order valence-electron chi connectivity index (χ3n) is 3.32. The monoisotopic (exact) mass is 293 g/mol.